The van der Waals surface area contributed by atoms with Crippen LogP contribution in [0.3, 0.4) is 0 Å². The normalized spacial score (nSPS) is 14.8. The summed E-state index contributed by atoms with van der Waals surface area (Å²) in [7, 11) is 0. The fourth-order valence-electron chi connectivity index (χ4n) is 3.34. The Balaban J connectivity index is 1.84. The molecule has 0 unspecified atom stereocenters. The van der Waals surface area contributed by atoms with E-state index in [1.54, 1.807) is 0 Å². The van der Waals surface area contributed by atoms with Gasteiger partial charge in [-0.15, -0.1) is 0 Å². The zero-order valence-electron chi connectivity index (χ0n) is 16.1. The monoisotopic (exact) mass is 335 g/mol. The minimum absolute atomic E-state index is 0.739. The third kappa shape index (κ3) is 10.9. The van der Waals surface area contributed by atoms with Crippen LogP contribution in [-0.4, -0.2) is 36.9 Å². The maximum atomic E-state index is 5.65. The fraction of sp³-hybridized carbons (Fsp3) is 0.857. The Morgan fingerprint density at radius 1 is 0.917 bits per heavy atom. The second-order valence-corrected chi connectivity index (χ2v) is 7.05. The van der Waals surface area contributed by atoms with Crippen LogP contribution in [0.5, 0.6) is 0 Å². The fourth-order valence-corrected chi connectivity index (χ4v) is 3.34. The van der Waals surface area contributed by atoms with Crippen molar-refractivity contribution < 1.29 is 0 Å². The molecule has 1 aliphatic rings. The van der Waals surface area contributed by atoms with Gasteiger partial charge in [0, 0.05) is 26.1 Å². The molecule has 0 aromatic rings. The summed E-state index contributed by atoms with van der Waals surface area (Å²) in [6, 6.07) is 0. The number of aliphatic imine (C=N–C) groups is 1. The van der Waals surface area contributed by atoms with Crippen molar-refractivity contribution in [3.63, 3.8) is 0 Å². The Labute approximate surface area is 150 Å². The SMILES string of the molecule is CCCCCCCCC/C=C/CCCCCC1=NCCN1CCN. The van der Waals surface area contributed by atoms with Crippen molar-refractivity contribution >= 4 is 5.84 Å². The predicted octanol–water partition coefficient (Wildman–Crippen LogP) is 5.31. The van der Waals surface area contributed by atoms with Crippen molar-refractivity contribution in [3.8, 4) is 0 Å². The number of nitrogens with two attached hydrogens (primary N) is 1. The number of hydrogen-bond acceptors (Lipinski definition) is 3. The third-order valence-electron chi connectivity index (χ3n) is 4.84. The first kappa shape index (κ1) is 21.2. The van der Waals surface area contributed by atoms with Gasteiger partial charge in [-0.3, -0.25) is 4.99 Å². The van der Waals surface area contributed by atoms with E-state index in [0.29, 0.717) is 0 Å². The molecule has 0 saturated carbocycles. The van der Waals surface area contributed by atoms with Gasteiger partial charge in [0.05, 0.1) is 12.4 Å². The molecule has 0 aromatic carbocycles. The molecule has 1 aliphatic heterocycles. The van der Waals surface area contributed by atoms with Crippen molar-refractivity contribution in [2.75, 3.05) is 26.2 Å². The van der Waals surface area contributed by atoms with Crippen molar-refractivity contribution in [3.05, 3.63) is 12.2 Å². The molecule has 24 heavy (non-hydrogen) atoms. The molecule has 140 valence electrons. The standard InChI is InChI=1S/C21H41N3/c1-2-3-4-5-6-7-8-9-10-11-12-13-14-15-16-21-23-18-20-24(21)19-17-22/h10-11H,2-9,12-20,22H2,1H3/b11-10+. The predicted molar refractivity (Wildman–Crippen MR) is 108 cm³/mol. The average molecular weight is 336 g/mol. The Morgan fingerprint density at radius 2 is 1.54 bits per heavy atom. The molecule has 0 spiro atoms. The lowest BCUT2D eigenvalue weighted by molar-refractivity contribution is 0.456. The van der Waals surface area contributed by atoms with Gasteiger partial charge in [0.25, 0.3) is 0 Å². The molecule has 1 heterocycles. The van der Waals surface area contributed by atoms with E-state index in [0.717, 1.165) is 32.6 Å². The van der Waals surface area contributed by atoms with Crippen LogP contribution in [0.1, 0.15) is 90.4 Å². The van der Waals surface area contributed by atoms with Crippen LogP contribution < -0.4 is 5.73 Å². The lowest BCUT2D eigenvalue weighted by atomic mass is 10.1. The molecule has 0 radical (unpaired) electrons. The summed E-state index contributed by atoms with van der Waals surface area (Å²) in [5.41, 5.74) is 5.65. The smallest absolute Gasteiger partial charge is 0.0990 e. The third-order valence-corrected chi connectivity index (χ3v) is 4.84. The van der Waals surface area contributed by atoms with Crippen LogP contribution in [-0.2, 0) is 0 Å². The highest BCUT2D eigenvalue weighted by molar-refractivity contribution is 5.83. The molecular weight excluding hydrogens is 294 g/mol. The van der Waals surface area contributed by atoms with Gasteiger partial charge in [0.1, 0.15) is 0 Å². The molecule has 3 nitrogen and oxygen atoms in total. The summed E-state index contributed by atoms with van der Waals surface area (Å²) in [6.45, 7) is 6.04. The summed E-state index contributed by atoms with van der Waals surface area (Å²) in [5.74, 6) is 1.30. The quantitative estimate of drug-likeness (QED) is 0.307. The Morgan fingerprint density at radius 3 is 2.21 bits per heavy atom. The van der Waals surface area contributed by atoms with Crippen LogP contribution in [0, 0.1) is 0 Å². The van der Waals surface area contributed by atoms with Gasteiger partial charge in [-0.25, -0.2) is 0 Å². The summed E-state index contributed by atoms with van der Waals surface area (Å²) < 4.78 is 0. The minimum atomic E-state index is 0.739. The van der Waals surface area contributed by atoms with E-state index in [1.807, 2.05) is 0 Å². The van der Waals surface area contributed by atoms with E-state index < -0.39 is 0 Å². The van der Waals surface area contributed by atoms with Gasteiger partial charge in [0.2, 0.25) is 0 Å². The van der Waals surface area contributed by atoms with Gasteiger partial charge >= 0.3 is 0 Å². The Hall–Kier alpha value is -0.830. The lowest BCUT2D eigenvalue weighted by Crippen LogP contribution is -2.32. The Kier molecular flexibility index (Phi) is 13.9. The first-order valence-corrected chi connectivity index (χ1v) is 10.5. The van der Waals surface area contributed by atoms with Crippen LogP contribution in [0.25, 0.3) is 0 Å². The van der Waals surface area contributed by atoms with E-state index in [1.165, 1.54) is 82.9 Å². The molecule has 0 amide bonds. The molecule has 0 saturated heterocycles. The maximum Gasteiger partial charge on any atom is 0.0990 e. The second-order valence-electron chi connectivity index (χ2n) is 7.05. The molecule has 2 N–H and O–H groups in total. The number of rotatable bonds is 16. The van der Waals surface area contributed by atoms with E-state index >= 15 is 0 Å². The first-order valence-electron chi connectivity index (χ1n) is 10.5. The van der Waals surface area contributed by atoms with E-state index in [-0.39, 0.29) is 0 Å². The molecule has 0 atom stereocenters. The van der Waals surface area contributed by atoms with Crippen molar-refractivity contribution in [1.29, 1.82) is 0 Å². The van der Waals surface area contributed by atoms with Gasteiger partial charge in [-0.05, 0) is 32.1 Å². The Bertz CT molecular complexity index is 336. The number of allylic oxidation sites excluding steroid dienone is 2. The van der Waals surface area contributed by atoms with Gasteiger partial charge in [-0.1, -0.05) is 64.0 Å². The molecule has 3 heteroatoms. The van der Waals surface area contributed by atoms with Gasteiger partial charge in [-0.2, -0.15) is 0 Å². The minimum Gasteiger partial charge on any atom is -0.357 e. The number of nitrogens with zero attached hydrogens (tertiary/aromatic N) is 2. The topological polar surface area (TPSA) is 41.6 Å². The highest BCUT2D eigenvalue weighted by Crippen LogP contribution is 2.11. The van der Waals surface area contributed by atoms with E-state index in [4.69, 9.17) is 5.73 Å². The second kappa shape index (κ2) is 15.7. The number of hydrogen-bond donors (Lipinski definition) is 1. The van der Waals surface area contributed by atoms with Crippen LogP contribution in [0.15, 0.2) is 17.1 Å². The first-order chi connectivity index (χ1) is 11.9. The van der Waals surface area contributed by atoms with Crippen LogP contribution in [0.4, 0.5) is 0 Å². The zero-order valence-corrected chi connectivity index (χ0v) is 16.1. The number of amidine groups is 1. The summed E-state index contributed by atoms with van der Waals surface area (Å²) >= 11 is 0. The van der Waals surface area contributed by atoms with E-state index in [2.05, 4.69) is 29.0 Å². The largest absolute Gasteiger partial charge is 0.357 e. The molecule has 1 rings (SSSR count). The lowest BCUT2D eigenvalue weighted by Gasteiger charge is -2.19. The molecular formula is C21H41N3. The molecule has 0 bridgehead atoms. The summed E-state index contributed by atoms with van der Waals surface area (Å²) in [5, 5.41) is 0. The molecule has 0 aliphatic carbocycles. The van der Waals surface area contributed by atoms with Gasteiger partial charge < -0.3 is 10.6 Å². The van der Waals surface area contributed by atoms with Crippen LogP contribution in [0.2, 0.25) is 0 Å². The summed E-state index contributed by atoms with van der Waals surface area (Å²) in [6.07, 6.45) is 22.2. The van der Waals surface area contributed by atoms with Crippen LogP contribution >= 0.6 is 0 Å². The highest BCUT2D eigenvalue weighted by atomic mass is 15.2. The van der Waals surface area contributed by atoms with E-state index in [9.17, 15) is 0 Å². The molecule has 0 fully saturated rings. The van der Waals surface area contributed by atoms with Gasteiger partial charge in [0.15, 0.2) is 0 Å². The van der Waals surface area contributed by atoms with Crippen molar-refractivity contribution in [2.24, 2.45) is 10.7 Å². The number of unbranched alkanes of at least 4 members (excludes halogenated alkanes) is 10. The van der Waals surface area contributed by atoms with Crippen molar-refractivity contribution in [1.82, 2.24) is 4.90 Å². The summed E-state index contributed by atoms with van der Waals surface area (Å²) in [4.78, 5) is 6.97. The highest BCUT2D eigenvalue weighted by Gasteiger charge is 2.14. The molecule has 0 aromatic heterocycles. The maximum absolute atomic E-state index is 5.65. The average Bonchev–Trinajstić information content (AvgIpc) is 3.03. The zero-order chi connectivity index (χ0) is 17.3. The van der Waals surface area contributed by atoms with Crippen molar-refractivity contribution in [2.45, 2.75) is 90.4 Å².